The Kier molecular flexibility index (Phi) is 3.71. The van der Waals surface area contributed by atoms with Crippen LogP contribution in [0.25, 0.3) is 0 Å². The molecule has 0 heterocycles. The van der Waals surface area contributed by atoms with Crippen molar-refractivity contribution in [3.63, 3.8) is 0 Å². The molecule has 0 aromatic heterocycles. The molecule has 0 aliphatic heterocycles. The zero-order valence-electron chi connectivity index (χ0n) is 8.96. The molecule has 1 rings (SSSR count). The molecule has 0 radical (unpaired) electrons. The molecule has 1 aliphatic carbocycles. The van der Waals surface area contributed by atoms with Crippen molar-refractivity contribution in [2.24, 2.45) is 11.8 Å². The lowest BCUT2D eigenvalue weighted by atomic mass is 9.79. The summed E-state index contributed by atoms with van der Waals surface area (Å²) in [6.07, 6.45) is 2.63. The first-order valence-electron chi connectivity index (χ1n) is 5.06. The fourth-order valence-electron chi connectivity index (χ4n) is 1.95. The van der Waals surface area contributed by atoms with Gasteiger partial charge in [0.05, 0.1) is 6.26 Å². The second-order valence-electron chi connectivity index (χ2n) is 4.32. The zero-order chi connectivity index (χ0) is 11.7. The third-order valence-electron chi connectivity index (χ3n) is 2.98. The van der Waals surface area contributed by atoms with Gasteiger partial charge in [-0.15, -0.1) is 0 Å². The van der Waals surface area contributed by atoms with Crippen LogP contribution < -0.4 is 4.72 Å². The Labute approximate surface area is 89.3 Å². The van der Waals surface area contributed by atoms with Gasteiger partial charge >= 0.3 is 0 Å². The van der Waals surface area contributed by atoms with E-state index in [0.717, 1.165) is 12.7 Å². The Morgan fingerprint density at radius 1 is 1.40 bits per heavy atom. The molecule has 0 amide bonds. The van der Waals surface area contributed by atoms with Gasteiger partial charge in [-0.05, 0) is 12.8 Å². The van der Waals surface area contributed by atoms with Crippen LogP contribution in [0.4, 0.5) is 8.78 Å². The van der Waals surface area contributed by atoms with Gasteiger partial charge in [0.1, 0.15) is 0 Å². The van der Waals surface area contributed by atoms with Gasteiger partial charge in [0.25, 0.3) is 5.92 Å². The molecular weight excluding hydrogens is 224 g/mol. The summed E-state index contributed by atoms with van der Waals surface area (Å²) in [5.74, 6) is -4.27. The molecule has 90 valence electrons. The maximum Gasteiger partial charge on any atom is 0.254 e. The summed E-state index contributed by atoms with van der Waals surface area (Å²) >= 11 is 0. The minimum atomic E-state index is -3.37. The van der Waals surface area contributed by atoms with E-state index in [4.69, 9.17) is 0 Å². The molecular formula is C9H17F2NO2S. The number of hydrogen-bond acceptors (Lipinski definition) is 2. The van der Waals surface area contributed by atoms with Crippen LogP contribution in [0.15, 0.2) is 0 Å². The predicted octanol–water partition coefficient (Wildman–Crippen LogP) is 1.61. The van der Waals surface area contributed by atoms with Crippen molar-refractivity contribution in [1.82, 2.24) is 4.72 Å². The van der Waals surface area contributed by atoms with E-state index in [1.54, 1.807) is 0 Å². The standard InChI is InChI=1S/C9H17F2NO2S/c1-7-4-3-5-8(9(7,10)11)6-12-15(2,13)14/h7-8,12H,3-6H2,1-2H3/t7-,8-/m0/s1. The molecule has 1 N–H and O–H groups in total. The molecule has 3 nitrogen and oxygen atoms in total. The molecule has 2 atom stereocenters. The van der Waals surface area contributed by atoms with Crippen LogP contribution in [0, 0.1) is 11.8 Å². The zero-order valence-corrected chi connectivity index (χ0v) is 9.78. The average molecular weight is 241 g/mol. The topological polar surface area (TPSA) is 46.2 Å². The van der Waals surface area contributed by atoms with E-state index in [2.05, 4.69) is 4.72 Å². The van der Waals surface area contributed by atoms with Crippen molar-refractivity contribution >= 4 is 10.0 Å². The van der Waals surface area contributed by atoms with Crippen LogP contribution in [-0.2, 0) is 10.0 Å². The van der Waals surface area contributed by atoms with Gasteiger partial charge in [0, 0.05) is 18.4 Å². The molecule has 0 aromatic rings. The molecule has 0 aromatic carbocycles. The smallest absolute Gasteiger partial charge is 0.215 e. The fraction of sp³-hybridized carbons (Fsp3) is 1.00. The van der Waals surface area contributed by atoms with Gasteiger partial charge in [0.2, 0.25) is 10.0 Å². The second kappa shape index (κ2) is 4.33. The van der Waals surface area contributed by atoms with E-state index >= 15 is 0 Å². The molecule has 1 saturated carbocycles. The molecule has 0 spiro atoms. The summed E-state index contributed by atoms with van der Waals surface area (Å²) in [4.78, 5) is 0. The highest BCUT2D eigenvalue weighted by atomic mass is 32.2. The van der Waals surface area contributed by atoms with Crippen LogP contribution in [0.2, 0.25) is 0 Å². The number of sulfonamides is 1. The normalized spacial score (nSPS) is 31.5. The second-order valence-corrected chi connectivity index (χ2v) is 6.16. The van der Waals surface area contributed by atoms with Crippen LogP contribution in [0.3, 0.4) is 0 Å². The predicted molar refractivity (Wildman–Crippen MR) is 54.3 cm³/mol. The quantitative estimate of drug-likeness (QED) is 0.816. The molecule has 0 bridgehead atoms. The molecule has 1 fully saturated rings. The molecule has 1 aliphatic rings. The van der Waals surface area contributed by atoms with Gasteiger partial charge in [-0.25, -0.2) is 21.9 Å². The van der Waals surface area contributed by atoms with E-state index in [1.807, 2.05) is 0 Å². The number of alkyl halides is 2. The van der Waals surface area contributed by atoms with E-state index in [1.165, 1.54) is 6.92 Å². The highest BCUT2D eigenvalue weighted by Crippen LogP contribution is 2.42. The third-order valence-corrected chi connectivity index (χ3v) is 3.67. The summed E-state index contributed by atoms with van der Waals surface area (Å²) in [7, 11) is -3.37. The van der Waals surface area contributed by atoms with Crippen molar-refractivity contribution in [2.75, 3.05) is 12.8 Å². The van der Waals surface area contributed by atoms with E-state index in [9.17, 15) is 17.2 Å². The summed E-state index contributed by atoms with van der Waals surface area (Å²) in [5.41, 5.74) is 0. The van der Waals surface area contributed by atoms with Gasteiger partial charge in [-0.1, -0.05) is 13.3 Å². The lowest BCUT2D eigenvalue weighted by Crippen LogP contribution is -2.44. The summed E-state index contributed by atoms with van der Waals surface area (Å²) < 4.78 is 51.0. The Hall–Kier alpha value is -0.230. The van der Waals surface area contributed by atoms with E-state index in [-0.39, 0.29) is 6.54 Å². The number of hydrogen-bond donors (Lipinski definition) is 1. The van der Waals surface area contributed by atoms with Gasteiger partial charge in [0.15, 0.2) is 0 Å². The van der Waals surface area contributed by atoms with Crippen LogP contribution in [-0.4, -0.2) is 27.1 Å². The van der Waals surface area contributed by atoms with Gasteiger partial charge < -0.3 is 0 Å². The first-order chi connectivity index (χ1) is 6.73. The fourth-order valence-corrected chi connectivity index (χ4v) is 2.45. The number of nitrogens with one attached hydrogen (secondary N) is 1. The Bertz CT molecular complexity index is 316. The van der Waals surface area contributed by atoms with Crippen molar-refractivity contribution in [3.8, 4) is 0 Å². The Morgan fingerprint density at radius 2 is 2.00 bits per heavy atom. The Morgan fingerprint density at radius 3 is 2.53 bits per heavy atom. The summed E-state index contributed by atoms with van der Waals surface area (Å²) in [5, 5.41) is 0. The number of rotatable bonds is 3. The number of halogens is 2. The minimum Gasteiger partial charge on any atom is -0.215 e. The maximum atomic E-state index is 13.6. The molecule has 0 saturated heterocycles. The minimum absolute atomic E-state index is 0.157. The molecule has 0 unspecified atom stereocenters. The van der Waals surface area contributed by atoms with Crippen molar-refractivity contribution in [1.29, 1.82) is 0 Å². The SMILES string of the molecule is C[C@H]1CCC[C@@H](CNS(C)(=O)=O)C1(F)F. The first-order valence-corrected chi connectivity index (χ1v) is 6.95. The van der Waals surface area contributed by atoms with Gasteiger partial charge in [-0.3, -0.25) is 0 Å². The average Bonchev–Trinajstić information content (AvgIpc) is 2.06. The van der Waals surface area contributed by atoms with E-state index < -0.39 is 27.8 Å². The van der Waals surface area contributed by atoms with E-state index in [0.29, 0.717) is 12.8 Å². The largest absolute Gasteiger partial charge is 0.254 e. The van der Waals surface area contributed by atoms with Crippen molar-refractivity contribution < 1.29 is 17.2 Å². The van der Waals surface area contributed by atoms with Crippen LogP contribution in [0.1, 0.15) is 26.2 Å². The monoisotopic (exact) mass is 241 g/mol. The third kappa shape index (κ3) is 3.38. The van der Waals surface area contributed by atoms with Crippen LogP contribution in [0.5, 0.6) is 0 Å². The van der Waals surface area contributed by atoms with Crippen molar-refractivity contribution in [3.05, 3.63) is 0 Å². The first kappa shape index (κ1) is 12.8. The summed E-state index contributed by atoms with van der Waals surface area (Å²) in [6, 6.07) is 0. The molecule has 15 heavy (non-hydrogen) atoms. The maximum absolute atomic E-state index is 13.6. The summed E-state index contributed by atoms with van der Waals surface area (Å²) in [6.45, 7) is 1.36. The van der Waals surface area contributed by atoms with Gasteiger partial charge in [-0.2, -0.15) is 0 Å². The highest BCUT2D eigenvalue weighted by Gasteiger charge is 2.46. The molecule has 6 heteroatoms. The highest BCUT2D eigenvalue weighted by molar-refractivity contribution is 7.88. The Balaban J connectivity index is 2.61. The lowest BCUT2D eigenvalue weighted by molar-refractivity contribution is -0.123. The van der Waals surface area contributed by atoms with Crippen LogP contribution >= 0.6 is 0 Å². The van der Waals surface area contributed by atoms with Crippen molar-refractivity contribution in [2.45, 2.75) is 32.1 Å². The lowest BCUT2D eigenvalue weighted by Gasteiger charge is -2.36.